The van der Waals surface area contributed by atoms with Crippen molar-refractivity contribution in [3.63, 3.8) is 0 Å². The number of ketones is 2. The highest BCUT2D eigenvalue weighted by Crippen LogP contribution is 2.31. The smallest absolute Gasteiger partial charge is 0.231 e. The molecule has 0 bridgehead atoms. The molecule has 304 valence electrons. The second-order valence-electron chi connectivity index (χ2n) is 13.1. The van der Waals surface area contributed by atoms with Crippen LogP contribution in [0.2, 0.25) is 0 Å². The van der Waals surface area contributed by atoms with E-state index in [1.807, 2.05) is 24.3 Å². The third kappa shape index (κ3) is 8.97. The van der Waals surface area contributed by atoms with Gasteiger partial charge in [-0.15, -0.1) is 0 Å². The zero-order valence-electron chi connectivity index (χ0n) is 32.7. The number of aromatic nitrogens is 6. The van der Waals surface area contributed by atoms with Gasteiger partial charge in [-0.05, 0) is 60.7 Å². The van der Waals surface area contributed by atoms with E-state index in [1.54, 1.807) is 63.0 Å². The van der Waals surface area contributed by atoms with Crippen molar-refractivity contribution in [2.45, 2.75) is 12.1 Å². The summed E-state index contributed by atoms with van der Waals surface area (Å²) in [7, 11) is 6.11. The molecule has 2 unspecified atom stereocenters. The highest BCUT2D eigenvalue weighted by Gasteiger charge is 2.28. The van der Waals surface area contributed by atoms with E-state index in [9.17, 15) is 18.4 Å². The van der Waals surface area contributed by atoms with E-state index in [4.69, 9.17) is 18.9 Å². The van der Waals surface area contributed by atoms with Gasteiger partial charge in [0.2, 0.25) is 11.8 Å². The molecule has 14 nitrogen and oxygen atoms in total. The average Bonchev–Trinajstić information content (AvgIpc) is 3.91. The summed E-state index contributed by atoms with van der Waals surface area (Å²) in [4.78, 5) is 50.0. The molecule has 4 aromatic carbocycles. The van der Waals surface area contributed by atoms with Crippen LogP contribution >= 0.6 is 0 Å². The number of fused-ring (bicyclic) bond motifs is 2. The molecule has 4 aromatic heterocycles. The number of anilines is 2. The summed E-state index contributed by atoms with van der Waals surface area (Å²) in [6.45, 7) is 0. The number of Topliss-reactive ketones (excluding diaryl/α,β-unsaturated/α-hetero) is 2. The molecule has 0 spiro atoms. The van der Waals surface area contributed by atoms with Crippen LogP contribution < -0.4 is 29.6 Å². The summed E-state index contributed by atoms with van der Waals surface area (Å²) in [5.41, 5.74) is 4.16. The lowest BCUT2D eigenvalue weighted by Crippen LogP contribution is -2.22. The molecule has 2 atom stereocenters. The first-order valence-electron chi connectivity index (χ1n) is 18.3. The summed E-state index contributed by atoms with van der Waals surface area (Å²) in [5.74, 6) is 0.544. The Hall–Kier alpha value is -7.88. The first kappa shape index (κ1) is 40.3. The Kier molecular flexibility index (Phi) is 12.2. The van der Waals surface area contributed by atoms with Crippen molar-refractivity contribution in [3.8, 4) is 23.3 Å². The highest BCUT2D eigenvalue weighted by molar-refractivity contribution is 6.12. The highest BCUT2D eigenvalue weighted by atomic mass is 19.1. The van der Waals surface area contributed by atoms with Gasteiger partial charge in [-0.1, -0.05) is 12.1 Å². The monoisotopic (exact) mass is 812 g/mol. The van der Waals surface area contributed by atoms with Gasteiger partial charge in [-0.3, -0.25) is 19.6 Å². The number of hydrogen-bond acceptors (Lipinski definition) is 12. The maximum atomic E-state index is 13.8. The van der Waals surface area contributed by atoms with Crippen molar-refractivity contribution in [1.29, 1.82) is 0 Å². The van der Waals surface area contributed by atoms with Crippen LogP contribution in [0, 0.1) is 11.6 Å². The maximum absolute atomic E-state index is 13.8. The zero-order valence-corrected chi connectivity index (χ0v) is 32.7. The van der Waals surface area contributed by atoms with Gasteiger partial charge < -0.3 is 39.5 Å². The number of nitrogens with one attached hydrogen (secondary N) is 4. The molecule has 0 aliphatic rings. The standard InChI is InChI=1S/2C22H19FN4O3/c2*1-29-15-5-3-4-14(9-15)27-21(19-11-26-20(30-2)12-25-19)22(28)17-10-24-18-7-6-13(23)8-16(17)18/h2*3-12,21,24,27H,1-2H3. The molecule has 16 heteroatoms. The lowest BCUT2D eigenvalue weighted by Gasteiger charge is -2.18. The van der Waals surface area contributed by atoms with E-state index in [1.165, 1.54) is 63.3 Å². The number of H-pyrrole nitrogens is 2. The Bertz CT molecular complexity index is 2570. The van der Waals surface area contributed by atoms with Crippen molar-refractivity contribution in [1.82, 2.24) is 29.9 Å². The number of carbonyl (C=O) groups is 2. The molecule has 8 rings (SSSR count). The van der Waals surface area contributed by atoms with Crippen LogP contribution in [0.3, 0.4) is 0 Å². The molecule has 0 aliphatic carbocycles. The van der Waals surface area contributed by atoms with E-state index in [-0.39, 0.29) is 11.6 Å². The predicted octanol–water partition coefficient (Wildman–Crippen LogP) is 8.30. The first-order chi connectivity index (χ1) is 29.2. The minimum atomic E-state index is -0.863. The fraction of sp³-hybridized carbons (Fsp3) is 0.136. The molecule has 0 saturated heterocycles. The summed E-state index contributed by atoms with van der Waals surface area (Å²) in [6, 6.07) is 21.2. The number of carbonyl (C=O) groups excluding carboxylic acids is 2. The normalized spacial score (nSPS) is 11.8. The molecular formula is C44H38F2N8O6. The number of methoxy groups -OCH3 is 4. The van der Waals surface area contributed by atoms with Gasteiger partial charge in [0, 0.05) is 68.8 Å². The molecule has 0 radical (unpaired) electrons. The quantitative estimate of drug-likeness (QED) is 0.0774. The Morgan fingerprint density at radius 1 is 0.550 bits per heavy atom. The van der Waals surface area contributed by atoms with Crippen LogP contribution in [0.25, 0.3) is 21.8 Å². The molecule has 4 N–H and O–H groups in total. The minimum absolute atomic E-state index is 0.283. The number of halogens is 2. The number of hydrogen-bond donors (Lipinski definition) is 4. The Balaban J connectivity index is 0.000000181. The van der Waals surface area contributed by atoms with Crippen molar-refractivity contribution in [2.75, 3.05) is 39.1 Å². The van der Waals surface area contributed by atoms with Crippen LogP contribution in [-0.4, -0.2) is 69.9 Å². The molecule has 0 aliphatic heterocycles. The Labute approximate surface area is 342 Å². The molecule has 8 aromatic rings. The summed E-state index contributed by atoms with van der Waals surface area (Å²) in [5, 5.41) is 7.39. The van der Waals surface area contributed by atoms with Crippen molar-refractivity contribution >= 4 is 44.7 Å². The second kappa shape index (κ2) is 18.1. The third-order valence-electron chi connectivity index (χ3n) is 9.41. The van der Waals surface area contributed by atoms with E-state index in [2.05, 4.69) is 40.5 Å². The molecule has 0 amide bonds. The van der Waals surface area contributed by atoms with Crippen molar-refractivity contribution in [3.05, 3.63) is 156 Å². The number of nitrogens with zero attached hydrogens (tertiary/aromatic N) is 4. The van der Waals surface area contributed by atoms with E-state index in [0.29, 0.717) is 79.0 Å². The van der Waals surface area contributed by atoms with Crippen LogP contribution in [-0.2, 0) is 0 Å². The van der Waals surface area contributed by atoms with Gasteiger partial charge in [0.15, 0.2) is 11.6 Å². The van der Waals surface area contributed by atoms with E-state index in [0.717, 1.165) is 0 Å². The Morgan fingerprint density at radius 3 is 1.35 bits per heavy atom. The van der Waals surface area contributed by atoms with Gasteiger partial charge in [-0.2, -0.15) is 0 Å². The number of rotatable bonds is 14. The second-order valence-corrected chi connectivity index (χ2v) is 13.1. The number of ether oxygens (including phenoxy) is 4. The molecule has 0 saturated carbocycles. The average molecular weight is 813 g/mol. The predicted molar refractivity (Wildman–Crippen MR) is 221 cm³/mol. The molecular weight excluding hydrogens is 775 g/mol. The fourth-order valence-corrected chi connectivity index (χ4v) is 6.37. The van der Waals surface area contributed by atoms with Crippen LogP contribution in [0.15, 0.2) is 122 Å². The fourth-order valence-electron chi connectivity index (χ4n) is 6.37. The van der Waals surface area contributed by atoms with Gasteiger partial charge in [0.05, 0.1) is 64.6 Å². The largest absolute Gasteiger partial charge is 0.497 e. The summed E-state index contributed by atoms with van der Waals surface area (Å²) in [6.07, 6.45) is 8.98. The maximum Gasteiger partial charge on any atom is 0.231 e. The SMILES string of the molecule is COc1cccc(NC(C(=O)c2c[nH]c3ccc(F)cc23)c2cnc(OC)cn2)c1.COc1cccc(NC(C(=O)c2c[nH]c3ccc(F)cc23)c2cnc(OC)cn2)c1. The zero-order chi connectivity index (χ0) is 42.2. The minimum Gasteiger partial charge on any atom is -0.497 e. The summed E-state index contributed by atoms with van der Waals surface area (Å²) < 4.78 is 48.2. The Morgan fingerprint density at radius 2 is 0.983 bits per heavy atom. The van der Waals surface area contributed by atoms with E-state index < -0.39 is 23.7 Å². The molecule has 60 heavy (non-hydrogen) atoms. The van der Waals surface area contributed by atoms with Gasteiger partial charge in [-0.25, -0.2) is 18.7 Å². The lowest BCUT2D eigenvalue weighted by atomic mass is 10.0. The molecule has 0 fully saturated rings. The topological polar surface area (TPSA) is 178 Å². The van der Waals surface area contributed by atoms with Crippen LogP contribution in [0.5, 0.6) is 23.3 Å². The van der Waals surface area contributed by atoms with Gasteiger partial charge in [0.25, 0.3) is 0 Å². The molecule has 4 heterocycles. The third-order valence-corrected chi connectivity index (χ3v) is 9.41. The first-order valence-corrected chi connectivity index (χ1v) is 18.3. The summed E-state index contributed by atoms with van der Waals surface area (Å²) >= 11 is 0. The van der Waals surface area contributed by atoms with E-state index >= 15 is 0 Å². The van der Waals surface area contributed by atoms with Crippen LogP contribution in [0.4, 0.5) is 20.2 Å². The number of benzene rings is 4. The number of aromatic amines is 2. The van der Waals surface area contributed by atoms with Gasteiger partial charge >= 0.3 is 0 Å². The van der Waals surface area contributed by atoms with Gasteiger partial charge in [0.1, 0.15) is 35.2 Å². The van der Waals surface area contributed by atoms with Crippen molar-refractivity contribution < 1.29 is 37.3 Å². The van der Waals surface area contributed by atoms with Crippen LogP contribution in [0.1, 0.15) is 44.2 Å². The van der Waals surface area contributed by atoms with Crippen molar-refractivity contribution in [2.24, 2.45) is 0 Å². The lowest BCUT2D eigenvalue weighted by molar-refractivity contribution is 0.0961.